The standard InChI is InChI=1S/C4H7P/c1-4(2)3-5/h4H,1-2H3. The Hall–Kier alpha value is 0.210. The molecule has 0 aromatic carbocycles. The van der Waals surface area contributed by atoms with E-state index in [1.54, 1.807) is 0 Å². The third-order valence-corrected chi connectivity index (χ3v) is 0.775. The van der Waals surface area contributed by atoms with Gasteiger partial charge in [-0.15, -0.1) is 0 Å². The van der Waals surface area contributed by atoms with E-state index in [2.05, 4.69) is 14.3 Å². The summed E-state index contributed by atoms with van der Waals surface area (Å²) < 4.78 is 0. The Balaban J connectivity index is 2.94. The topological polar surface area (TPSA) is 0 Å². The van der Waals surface area contributed by atoms with E-state index < -0.39 is 0 Å². The van der Waals surface area contributed by atoms with Crippen LogP contribution in [0, 0.1) is 11.5 Å². The maximum absolute atomic E-state index is 3.77. The number of rotatable bonds is 0. The molecule has 0 amide bonds. The summed E-state index contributed by atoms with van der Waals surface area (Å²) in [6.07, 6.45) is 0. The van der Waals surface area contributed by atoms with Gasteiger partial charge in [0, 0.05) is 0 Å². The predicted molar refractivity (Wildman–Crippen MR) is 25.6 cm³/mol. The molecule has 0 spiro atoms. The van der Waals surface area contributed by atoms with Gasteiger partial charge in [-0.3, -0.25) is 0 Å². The third kappa shape index (κ3) is 4.21. The van der Waals surface area contributed by atoms with E-state index in [-0.39, 0.29) is 0 Å². The Labute approximate surface area is 35.1 Å². The zero-order valence-electron chi connectivity index (χ0n) is 3.52. The zero-order valence-corrected chi connectivity index (χ0v) is 4.42. The van der Waals surface area contributed by atoms with E-state index in [0.29, 0.717) is 5.92 Å². The molecule has 0 radical (unpaired) electrons. The van der Waals surface area contributed by atoms with Crippen LogP contribution in [0.5, 0.6) is 0 Å². The molecule has 0 saturated carbocycles. The van der Waals surface area contributed by atoms with Crippen molar-refractivity contribution in [2.24, 2.45) is 5.92 Å². The van der Waals surface area contributed by atoms with Gasteiger partial charge in [0.15, 0.2) is 0 Å². The predicted octanol–water partition coefficient (Wildman–Crippen LogP) is 2.01. The van der Waals surface area contributed by atoms with Gasteiger partial charge in [0.1, 0.15) is 0 Å². The normalized spacial score (nSPS) is 7.60. The second-order valence-corrected chi connectivity index (χ2v) is 1.54. The summed E-state index contributed by atoms with van der Waals surface area (Å²) in [4.78, 5) is 0. The fourth-order valence-electron chi connectivity index (χ4n) is 0. The van der Waals surface area contributed by atoms with E-state index in [1.807, 2.05) is 13.8 Å². The average Bonchev–Trinajstić information content (AvgIpc) is 1.38. The fourth-order valence-corrected chi connectivity index (χ4v) is 0. The molecule has 0 fully saturated rings. The molecule has 0 bridgehead atoms. The summed E-state index contributed by atoms with van der Waals surface area (Å²) in [7, 11) is 3.77. The minimum absolute atomic E-state index is 0.498. The van der Waals surface area contributed by atoms with Crippen LogP contribution in [0.25, 0.3) is 0 Å². The van der Waals surface area contributed by atoms with Gasteiger partial charge in [0.05, 0.1) is 0 Å². The molecule has 0 unspecified atom stereocenters. The van der Waals surface area contributed by atoms with Crippen LogP contribution in [-0.2, 0) is 0 Å². The second-order valence-electron chi connectivity index (χ2n) is 1.28. The van der Waals surface area contributed by atoms with Crippen molar-refractivity contribution < 1.29 is 0 Å². The molecule has 0 aliphatic rings. The Morgan fingerprint density at radius 2 is 1.80 bits per heavy atom. The summed E-state index contributed by atoms with van der Waals surface area (Å²) in [5.74, 6) is 0.498. The van der Waals surface area contributed by atoms with Gasteiger partial charge in [-0.1, -0.05) is 0 Å². The maximum atomic E-state index is 3.77. The average molecular weight is 86.1 g/mol. The van der Waals surface area contributed by atoms with Crippen molar-refractivity contribution in [1.82, 2.24) is 0 Å². The fraction of sp³-hybridized carbons (Fsp3) is 0.750. The van der Waals surface area contributed by atoms with Crippen molar-refractivity contribution in [3.05, 3.63) is 0 Å². The quantitative estimate of drug-likeness (QED) is 0.395. The van der Waals surface area contributed by atoms with Crippen LogP contribution in [0.1, 0.15) is 13.8 Å². The number of hydrogen-bond donors (Lipinski definition) is 0. The molecule has 0 aliphatic carbocycles. The first kappa shape index (κ1) is 5.21. The van der Waals surface area contributed by atoms with Crippen LogP contribution in [-0.4, -0.2) is 0 Å². The van der Waals surface area contributed by atoms with E-state index in [9.17, 15) is 0 Å². The molecule has 0 aliphatic heterocycles. The molecule has 1 heteroatoms. The van der Waals surface area contributed by atoms with Crippen LogP contribution in [0.15, 0.2) is 0 Å². The molecule has 0 N–H and O–H groups in total. The molecule has 28 valence electrons. The van der Waals surface area contributed by atoms with E-state index in [4.69, 9.17) is 0 Å². The molecule has 0 aromatic heterocycles. The van der Waals surface area contributed by atoms with Crippen molar-refractivity contribution in [2.75, 3.05) is 0 Å². The summed E-state index contributed by atoms with van der Waals surface area (Å²) in [6.45, 7) is 4.07. The van der Waals surface area contributed by atoms with E-state index >= 15 is 0 Å². The van der Waals surface area contributed by atoms with Gasteiger partial charge >= 0.3 is 34.1 Å². The zero-order chi connectivity index (χ0) is 4.28. The monoisotopic (exact) mass is 86.0 g/mol. The summed E-state index contributed by atoms with van der Waals surface area (Å²) in [6, 6.07) is 0. The first-order valence-electron chi connectivity index (χ1n) is 1.67. The van der Waals surface area contributed by atoms with Gasteiger partial charge in [0.2, 0.25) is 0 Å². The molecule has 0 aromatic rings. The van der Waals surface area contributed by atoms with Crippen LogP contribution in [0.3, 0.4) is 0 Å². The first-order chi connectivity index (χ1) is 2.27. The van der Waals surface area contributed by atoms with Gasteiger partial charge in [-0.05, 0) is 0 Å². The van der Waals surface area contributed by atoms with Crippen molar-refractivity contribution in [3.8, 4) is 5.63 Å². The van der Waals surface area contributed by atoms with E-state index in [0.717, 1.165) is 0 Å². The van der Waals surface area contributed by atoms with Crippen molar-refractivity contribution in [1.29, 1.82) is 0 Å². The molecular formula is C4H7P. The molecule has 5 heavy (non-hydrogen) atoms. The summed E-state index contributed by atoms with van der Waals surface area (Å²) >= 11 is 0. The number of hydrogen-bond acceptors (Lipinski definition) is 0. The Morgan fingerprint density at radius 3 is 1.80 bits per heavy atom. The van der Waals surface area contributed by atoms with Gasteiger partial charge in [0.25, 0.3) is 0 Å². The molecule has 0 heterocycles. The molecule has 0 rings (SSSR count). The summed E-state index contributed by atoms with van der Waals surface area (Å²) in [5.41, 5.74) is 2.72. The van der Waals surface area contributed by atoms with Crippen LogP contribution in [0.4, 0.5) is 0 Å². The van der Waals surface area contributed by atoms with Crippen LogP contribution in [0.2, 0.25) is 0 Å². The van der Waals surface area contributed by atoms with E-state index in [1.165, 1.54) is 0 Å². The summed E-state index contributed by atoms with van der Waals surface area (Å²) in [5, 5.41) is 0. The minimum atomic E-state index is 0.498. The van der Waals surface area contributed by atoms with Crippen LogP contribution >= 0.6 is 8.70 Å². The Kier molecular flexibility index (Phi) is 2.55. The first-order valence-corrected chi connectivity index (χ1v) is 2.11. The molecule has 0 saturated heterocycles. The SMILES string of the molecule is CC(C)C#P. The molecule has 0 nitrogen and oxygen atoms in total. The molecular weight excluding hydrogens is 79.0 g/mol. The van der Waals surface area contributed by atoms with Gasteiger partial charge < -0.3 is 0 Å². The molecule has 0 atom stereocenters. The van der Waals surface area contributed by atoms with Gasteiger partial charge in [-0.2, -0.15) is 0 Å². The van der Waals surface area contributed by atoms with Crippen LogP contribution < -0.4 is 0 Å². The third-order valence-electron chi connectivity index (χ3n) is 0.258. The van der Waals surface area contributed by atoms with Gasteiger partial charge in [-0.25, -0.2) is 0 Å². The Morgan fingerprint density at radius 1 is 1.60 bits per heavy atom. The van der Waals surface area contributed by atoms with Crippen molar-refractivity contribution in [3.63, 3.8) is 0 Å². The van der Waals surface area contributed by atoms with Crippen molar-refractivity contribution in [2.45, 2.75) is 13.8 Å². The Bertz CT molecular complexity index is 49.2. The second kappa shape index (κ2) is 2.45. The van der Waals surface area contributed by atoms with Crippen molar-refractivity contribution >= 4 is 8.70 Å².